The molecule has 0 atom stereocenters. The van der Waals surface area contributed by atoms with E-state index in [0.717, 1.165) is 20.8 Å². The number of hydrogen-bond donors (Lipinski definition) is 1. The first-order valence-corrected chi connectivity index (χ1v) is 5.39. The summed E-state index contributed by atoms with van der Waals surface area (Å²) in [6.45, 7) is 1.79. The third-order valence-electron chi connectivity index (χ3n) is 2.41. The van der Waals surface area contributed by atoms with Gasteiger partial charge >= 0.3 is 0 Å². The van der Waals surface area contributed by atoms with Gasteiger partial charge in [-0.15, -0.1) is 0 Å². The zero-order chi connectivity index (χ0) is 10.8. The Labute approximate surface area is 96.4 Å². The minimum Gasteiger partial charge on any atom is -0.411 e. The SMILES string of the molecule is C/C(=N\O)c1ccc(Br)c2ccccc12. The fourth-order valence-corrected chi connectivity index (χ4v) is 2.11. The van der Waals surface area contributed by atoms with Crippen molar-refractivity contribution in [3.63, 3.8) is 0 Å². The molecular weight excluding hydrogens is 254 g/mol. The second kappa shape index (κ2) is 4.03. The second-order valence-electron chi connectivity index (χ2n) is 3.33. The van der Waals surface area contributed by atoms with Crippen molar-refractivity contribution in [2.75, 3.05) is 0 Å². The molecule has 0 amide bonds. The average Bonchev–Trinajstić information content (AvgIpc) is 2.29. The lowest BCUT2D eigenvalue weighted by Crippen LogP contribution is -1.95. The van der Waals surface area contributed by atoms with Crippen LogP contribution in [0.3, 0.4) is 0 Å². The van der Waals surface area contributed by atoms with Gasteiger partial charge in [0.1, 0.15) is 0 Å². The number of nitrogens with zero attached hydrogens (tertiary/aromatic N) is 1. The Morgan fingerprint density at radius 3 is 2.47 bits per heavy atom. The van der Waals surface area contributed by atoms with Crippen molar-refractivity contribution in [3.05, 3.63) is 46.4 Å². The highest BCUT2D eigenvalue weighted by molar-refractivity contribution is 9.10. The fraction of sp³-hybridized carbons (Fsp3) is 0.0833. The molecule has 0 aromatic heterocycles. The molecule has 2 nitrogen and oxygen atoms in total. The molecule has 0 radical (unpaired) electrons. The molecule has 0 spiro atoms. The Morgan fingerprint density at radius 1 is 1.13 bits per heavy atom. The Balaban J connectivity index is 2.83. The number of rotatable bonds is 1. The van der Waals surface area contributed by atoms with E-state index in [1.54, 1.807) is 6.92 Å². The van der Waals surface area contributed by atoms with Gasteiger partial charge in [-0.2, -0.15) is 0 Å². The van der Waals surface area contributed by atoms with E-state index in [4.69, 9.17) is 5.21 Å². The smallest absolute Gasteiger partial charge is 0.0843 e. The number of fused-ring (bicyclic) bond motifs is 1. The van der Waals surface area contributed by atoms with E-state index in [9.17, 15) is 0 Å². The summed E-state index contributed by atoms with van der Waals surface area (Å²) >= 11 is 3.50. The van der Waals surface area contributed by atoms with Crippen molar-refractivity contribution >= 4 is 32.4 Å². The highest BCUT2D eigenvalue weighted by Gasteiger charge is 2.06. The summed E-state index contributed by atoms with van der Waals surface area (Å²) in [5.74, 6) is 0. The van der Waals surface area contributed by atoms with Crippen LogP contribution in [0.1, 0.15) is 12.5 Å². The minimum atomic E-state index is 0.624. The molecular formula is C12H10BrNO. The molecule has 0 aliphatic heterocycles. The molecule has 76 valence electrons. The molecule has 15 heavy (non-hydrogen) atoms. The second-order valence-corrected chi connectivity index (χ2v) is 4.18. The van der Waals surface area contributed by atoms with Gasteiger partial charge in [-0.3, -0.25) is 0 Å². The summed E-state index contributed by atoms with van der Waals surface area (Å²) in [5, 5.41) is 14.2. The van der Waals surface area contributed by atoms with Gasteiger partial charge in [-0.05, 0) is 23.8 Å². The maximum absolute atomic E-state index is 8.79. The van der Waals surface area contributed by atoms with Crippen molar-refractivity contribution in [2.24, 2.45) is 5.16 Å². The van der Waals surface area contributed by atoms with Crippen LogP contribution < -0.4 is 0 Å². The standard InChI is InChI=1S/C12H10BrNO/c1-8(14-15)9-6-7-12(13)11-5-3-2-4-10(9)11/h2-7,15H,1H3/b14-8+. The van der Waals surface area contributed by atoms with Crippen LogP contribution in [0.4, 0.5) is 0 Å². The number of hydrogen-bond acceptors (Lipinski definition) is 2. The van der Waals surface area contributed by atoms with E-state index in [1.165, 1.54) is 0 Å². The first-order valence-electron chi connectivity index (χ1n) is 4.60. The largest absolute Gasteiger partial charge is 0.411 e. The van der Waals surface area contributed by atoms with E-state index in [0.29, 0.717) is 5.71 Å². The van der Waals surface area contributed by atoms with Gasteiger partial charge in [0.25, 0.3) is 0 Å². The van der Waals surface area contributed by atoms with Crippen LogP contribution in [0.5, 0.6) is 0 Å². The van der Waals surface area contributed by atoms with Crippen LogP contribution in [0, 0.1) is 0 Å². The topological polar surface area (TPSA) is 32.6 Å². The quantitative estimate of drug-likeness (QED) is 0.474. The van der Waals surface area contributed by atoms with Gasteiger partial charge in [0.2, 0.25) is 0 Å². The summed E-state index contributed by atoms with van der Waals surface area (Å²) in [6, 6.07) is 11.9. The molecule has 0 unspecified atom stereocenters. The normalized spacial score (nSPS) is 12.0. The third kappa shape index (κ3) is 1.75. The van der Waals surface area contributed by atoms with Crippen LogP contribution in [-0.4, -0.2) is 10.9 Å². The summed E-state index contributed by atoms with van der Waals surface area (Å²) in [4.78, 5) is 0. The first-order chi connectivity index (χ1) is 7.24. The molecule has 2 aromatic rings. The first kappa shape index (κ1) is 10.2. The molecule has 1 N–H and O–H groups in total. The highest BCUT2D eigenvalue weighted by Crippen LogP contribution is 2.27. The Hall–Kier alpha value is -1.35. The minimum absolute atomic E-state index is 0.624. The average molecular weight is 264 g/mol. The van der Waals surface area contributed by atoms with Gasteiger partial charge in [0.15, 0.2) is 0 Å². The number of halogens is 1. The molecule has 2 aromatic carbocycles. The third-order valence-corrected chi connectivity index (χ3v) is 3.10. The van der Waals surface area contributed by atoms with Crippen molar-refractivity contribution < 1.29 is 5.21 Å². The van der Waals surface area contributed by atoms with E-state index in [1.807, 2.05) is 36.4 Å². The molecule has 0 aliphatic carbocycles. The fourth-order valence-electron chi connectivity index (χ4n) is 1.63. The van der Waals surface area contributed by atoms with E-state index >= 15 is 0 Å². The van der Waals surface area contributed by atoms with E-state index in [2.05, 4.69) is 21.1 Å². The van der Waals surface area contributed by atoms with E-state index < -0.39 is 0 Å². The van der Waals surface area contributed by atoms with Crippen LogP contribution in [0.2, 0.25) is 0 Å². The van der Waals surface area contributed by atoms with Crippen molar-refractivity contribution in [2.45, 2.75) is 6.92 Å². The predicted molar refractivity (Wildman–Crippen MR) is 65.6 cm³/mol. The molecule has 0 fully saturated rings. The van der Waals surface area contributed by atoms with Crippen molar-refractivity contribution in [3.8, 4) is 0 Å². The predicted octanol–water partition coefficient (Wildman–Crippen LogP) is 3.80. The van der Waals surface area contributed by atoms with Gasteiger partial charge in [0.05, 0.1) is 5.71 Å². The summed E-state index contributed by atoms with van der Waals surface area (Å²) in [6.07, 6.45) is 0. The molecule has 2 rings (SSSR count). The molecule has 0 aliphatic rings. The molecule has 0 saturated heterocycles. The summed E-state index contributed by atoms with van der Waals surface area (Å²) < 4.78 is 1.05. The van der Waals surface area contributed by atoms with Crippen LogP contribution >= 0.6 is 15.9 Å². The van der Waals surface area contributed by atoms with Crippen molar-refractivity contribution in [1.82, 2.24) is 0 Å². The van der Waals surface area contributed by atoms with Gasteiger partial charge < -0.3 is 5.21 Å². The van der Waals surface area contributed by atoms with Gasteiger partial charge in [0, 0.05) is 10.0 Å². The molecule has 0 saturated carbocycles. The summed E-state index contributed by atoms with van der Waals surface area (Å²) in [5.41, 5.74) is 1.58. The zero-order valence-corrected chi connectivity index (χ0v) is 9.82. The number of oxime groups is 1. The lowest BCUT2D eigenvalue weighted by atomic mass is 10.0. The van der Waals surface area contributed by atoms with Crippen LogP contribution in [0.15, 0.2) is 46.0 Å². The maximum Gasteiger partial charge on any atom is 0.0843 e. The summed E-state index contributed by atoms with van der Waals surface area (Å²) in [7, 11) is 0. The molecule has 3 heteroatoms. The van der Waals surface area contributed by atoms with Crippen LogP contribution in [-0.2, 0) is 0 Å². The lowest BCUT2D eigenvalue weighted by molar-refractivity contribution is 0.319. The monoisotopic (exact) mass is 263 g/mol. The molecule has 0 bridgehead atoms. The Morgan fingerprint density at radius 2 is 1.80 bits per heavy atom. The Kier molecular flexibility index (Phi) is 2.73. The van der Waals surface area contributed by atoms with Crippen LogP contribution in [0.25, 0.3) is 10.8 Å². The van der Waals surface area contributed by atoms with Gasteiger partial charge in [-0.1, -0.05) is 51.4 Å². The van der Waals surface area contributed by atoms with E-state index in [-0.39, 0.29) is 0 Å². The number of benzene rings is 2. The zero-order valence-electron chi connectivity index (χ0n) is 8.24. The van der Waals surface area contributed by atoms with Gasteiger partial charge in [-0.25, -0.2) is 0 Å². The maximum atomic E-state index is 8.79. The highest BCUT2D eigenvalue weighted by atomic mass is 79.9. The Bertz CT molecular complexity index is 534. The van der Waals surface area contributed by atoms with Crippen molar-refractivity contribution in [1.29, 1.82) is 0 Å². The lowest BCUT2D eigenvalue weighted by Gasteiger charge is -2.06. The molecule has 0 heterocycles.